The predicted molar refractivity (Wildman–Crippen MR) is 231 cm³/mol. The van der Waals surface area contributed by atoms with Crippen LogP contribution in [0.2, 0.25) is 0 Å². The lowest BCUT2D eigenvalue weighted by molar-refractivity contribution is -0.143. The highest BCUT2D eigenvalue weighted by molar-refractivity contribution is 6.02. The number of nitrogens with two attached hydrogens (primary N) is 1. The molecule has 0 bridgehead atoms. The molecule has 8 unspecified atom stereocenters. The van der Waals surface area contributed by atoms with Crippen molar-refractivity contribution in [1.82, 2.24) is 0 Å². The van der Waals surface area contributed by atoms with E-state index in [1.165, 1.54) is 0 Å². The largest absolute Gasteiger partial charge is 0.481 e. The fourth-order valence-electron chi connectivity index (χ4n) is 10.3. The van der Waals surface area contributed by atoms with Gasteiger partial charge in [-0.3, -0.25) is 43.7 Å². The molecule has 16 nitrogen and oxygen atoms in total. The molecule has 0 saturated heterocycles. The summed E-state index contributed by atoms with van der Waals surface area (Å²) in [6.07, 6.45) is 1.02. The number of aliphatic imine (C=N–C) groups is 3. The van der Waals surface area contributed by atoms with E-state index < -0.39 is 93.5 Å². The van der Waals surface area contributed by atoms with Crippen molar-refractivity contribution in [1.29, 1.82) is 5.41 Å². The van der Waals surface area contributed by atoms with Crippen LogP contribution in [-0.2, 0) is 28.8 Å². The number of carboxylic acid groups (broad SMARTS) is 5. The molecule has 8 N–H and O–H groups in total. The van der Waals surface area contributed by atoms with Gasteiger partial charge in [-0.1, -0.05) is 69.2 Å². The minimum absolute atomic E-state index is 0.0153. The fraction of sp³-hybridized carbons (Fsp3) is 0.689. The molecule has 3 aliphatic heterocycles. The van der Waals surface area contributed by atoms with Crippen LogP contribution < -0.4 is 5.73 Å². The number of nitrogens with one attached hydrogen (secondary N) is 1. The van der Waals surface area contributed by atoms with E-state index in [2.05, 4.69) is 4.99 Å². The number of carbonyl (C=O) groups excluding carboxylic acids is 1. The van der Waals surface area contributed by atoms with Crippen molar-refractivity contribution >= 4 is 59.1 Å². The zero-order valence-corrected chi connectivity index (χ0v) is 37.4. The monoisotopic (exact) mass is 853 g/mol. The van der Waals surface area contributed by atoms with Crippen LogP contribution >= 0.6 is 0 Å². The van der Waals surface area contributed by atoms with Gasteiger partial charge in [-0.25, -0.2) is 0 Å². The topological polar surface area (TPSA) is 291 Å². The van der Waals surface area contributed by atoms with Crippen molar-refractivity contribution in [2.75, 3.05) is 0 Å². The molecule has 1 amide bonds. The molecule has 338 valence electrons. The number of amides is 1. The van der Waals surface area contributed by atoms with E-state index in [0.717, 1.165) is 5.57 Å². The predicted octanol–water partition coefficient (Wildman–Crippen LogP) is 7.30. The van der Waals surface area contributed by atoms with Gasteiger partial charge in [0, 0.05) is 101 Å². The Kier molecular flexibility index (Phi) is 16.0. The SMILES string of the molecule is CCC1(C)C(C(C)C2=C(CCC(=O)O)C(C)(C)C(CC3=C(CCC(=O)O)C(C)(CC(N)=O)C=N3)=N2)=NC(C(C)C(C)(CC(=O)O)C(CCC(=O)O)C(=N)C(C)C)C1CC(=O)O. The van der Waals surface area contributed by atoms with Crippen LogP contribution in [-0.4, -0.2) is 90.7 Å². The minimum atomic E-state index is -1.22. The standard InChI is InChI=1S/C45H67N5O11/c1-11-44(9)29(18-36(58)59)40(25(5)45(10,21-37(60)61)27(13-16-34(54)55)38(47)23(2)3)50-41(44)24(4)39-28(14-17-35(56)57)42(6,7)31(49-39)19-30-26(12-15-33(52)53)43(8,22-48-30)20-32(46)51/h22-25,27,29,40,47H,11-21H2,1-10H3,(H2,46,51)(H,52,53)(H,54,55)(H,56,57)(H,58,59)(H,60,61). The van der Waals surface area contributed by atoms with Gasteiger partial charge in [-0.05, 0) is 54.1 Å². The molecule has 0 aromatic rings. The molecule has 8 atom stereocenters. The van der Waals surface area contributed by atoms with Gasteiger partial charge in [-0.2, -0.15) is 0 Å². The Labute approximate surface area is 358 Å². The smallest absolute Gasteiger partial charge is 0.303 e. The van der Waals surface area contributed by atoms with Gasteiger partial charge < -0.3 is 36.7 Å². The summed E-state index contributed by atoms with van der Waals surface area (Å²) in [7, 11) is 0. The summed E-state index contributed by atoms with van der Waals surface area (Å²) in [4.78, 5) is 88.4. The quantitative estimate of drug-likeness (QED) is 0.0447. The van der Waals surface area contributed by atoms with Crippen LogP contribution in [0, 0.1) is 56.7 Å². The van der Waals surface area contributed by atoms with Crippen LogP contribution in [0.1, 0.15) is 140 Å². The first-order chi connectivity index (χ1) is 28.1. The van der Waals surface area contributed by atoms with E-state index >= 15 is 0 Å². The third kappa shape index (κ3) is 10.9. The van der Waals surface area contributed by atoms with E-state index in [0.29, 0.717) is 34.8 Å². The molecule has 16 heteroatoms. The maximum Gasteiger partial charge on any atom is 0.303 e. The lowest BCUT2D eigenvalue weighted by atomic mass is 9.57. The molecular weight excluding hydrogens is 787 g/mol. The zero-order chi connectivity index (χ0) is 46.6. The van der Waals surface area contributed by atoms with Gasteiger partial charge in [0.25, 0.3) is 0 Å². The second kappa shape index (κ2) is 19.4. The van der Waals surface area contributed by atoms with Crippen LogP contribution in [0.5, 0.6) is 0 Å². The fourth-order valence-corrected chi connectivity index (χ4v) is 10.3. The maximum absolute atomic E-state index is 12.7. The molecule has 0 aromatic heterocycles. The molecule has 0 spiro atoms. The number of carbonyl (C=O) groups is 6. The first-order valence-corrected chi connectivity index (χ1v) is 21.2. The third-order valence-corrected chi connectivity index (χ3v) is 14.2. The second-order valence-electron chi connectivity index (χ2n) is 18.9. The average molecular weight is 854 g/mol. The molecule has 3 rings (SSSR count). The first-order valence-electron chi connectivity index (χ1n) is 21.2. The Morgan fingerprint density at radius 3 is 1.89 bits per heavy atom. The zero-order valence-electron chi connectivity index (χ0n) is 37.4. The van der Waals surface area contributed by atoms with Gasteiger partial charge in [0.05, 0.1) is 18.9 Å². The number of allylic oxidation sites excluding steroid dienone is 4. The highest BCUT2D eigenvalue weighted by atomic mass is 16.4. The van der Waals surface area contributed by atoms with Crippen LogP contribution in [0.25, 0.3) is 0 Å². The minimum Gasteiger partial charge on any atom is -0.481 e. The Morgan fingerprint density at radius 1 is 0.852 bits per heavy atom. The van der Waals surface area contributed by atoms with E-state index in [4.69, 9.17) is 21.1 Å². The van der Waals surface area contributed by atoms with Crippen LogP contribution in [0.4, 0.5) is 0 Å². The van der Waals surface area contributed by atoms with Gasteiger partial charge in [0.1, 0.15) is 0 Å². The van der Waals surface area contributed by atoms with Crippen molar-refractivity contribution < 1.29 is 54.3 Å². The molecule has 0 aliphatic carbocycles. The van der Waals surface area contributed by atoms with Gasteiger partial charge in [0.15, 0.2) is 0 Å². The molecule has 61 heavy (non-hydrogen) atoms. The molecule has 0 aromatic carbocycles. The van der Waals surface area contributed by atoms with Gasteiger partial charge in [0.2, 0.25) is 5.91 Å². The van der Waals surface area contributed by atoms with E-state index in [-0.39, 0.29) is 69.4 Å². The van der Waals surface area contributed by atoms with Crippen molar-refractivity contribution in [3.63, 3.8) is 0 Å². The summed E-state index contributed by atoms with van der Waals surface area (Å²) in [6, 6.07) is -0.756. The molecule has 0 fully saturated rings. The first kappa shape index (κ1) is 50.3. The number of primary amides is 1. The lowest BCUT2D eigenvalue weighted by Gasteiger charge is -2.46. The Hall–Kier alpha value is -5.02. The Morgan fingerprint density at radius 2 is 1.41 bits per heavy atom. The van der Waals surface area contributed by atoms with Gasteiger partial charge >= 0.3 is 29.8 Å². The van der Waals surface area contributed by atoms with Crippen LogP contribution in [0.15, 0.2) is 37.5 Å². The summed E-state index contributed by atoms with van der Waals surface area (Å²) in [5.41, 5.74) is 5.82. The Bertz CT molecular complexity index is 1960. The third-order valence-electron chi connectivity index (χ3n) is 14.2. The highest BCUT2D eigenvalue weighted by Crippen LogP contribution is 2.56. The molecule has 0 radical (unpaired) electrons. The Balaban J connectivity index is 2.31. The molecule has 0 saturated carbocycles. The summed E-state index contributed by atoms with van der Waals surface area (Å²) < 4.78 is 0. The van der Waals surface area contributed by atoms with Crippen molar-refractivity contribution in [2.45, 2.75) is 146 Å². The molecular formula is C45H67N5O11. The van der Waals surface area contributed by atoms with E-state index in [1.54, 1.807) is 33.9 Å². The summed E-state index contributed by atoms with van der Waals surface area (Å²) in [6.45, 7) is 18.6. The number of hydrogen-bond donors (Lipinski definition) is 7. The normalized spacial score (nSPS) is 25.8. The van der Waals surface area contributed by atoms with Crippen molar-refractivity contribution in [3.05, 3.63) is 22.5 Å². The second-order valence-corrected chi connectivity index (χ2v) is 18.9. The molecule has 3 aliphatic rings. The number of nitrogens with zero attached hydrogens (tertiary/aromatic N) is 3. The summed E-state index contributed by atoms with van der Waals surface area (Å²) in [5.74, 6) is -8.84. The van der Waals surface area contributed by atoms with E-state index in [1.807, 2.05) is 41.5 Å². The van der Waals surface area contributed by atoms with Crippen LogP contribution in [0.3, 0.4) is 0 Å². The number of rotatable bonds is 25. The average Bonchev–Trinajstić information content (AvgIpc) is 3.69. The van der Waals surface area contributed by atoms with Crippen molar-refractivity contribution in [2.24, 2.45) is 72.0 Å². The van der Waals surface area contributed by atoms with Crippen molar-refractivity contribution in [3.8, 4) is 0 Å². The number of carboxylic acids is 5. The maximum atomic E-state index is 12.7. The molecule has 3 heterocycles. The lowest BCUT2D eigenvalue weighted by Crippen LogP contribution is -2.48. The van der Waals surface area contributed by atoms with Gasteiger partial charge in [-0.15, -0.1) is 0 Å². The number of hydrogen-bond acceptors (Lipinski definition) is 10. The highest BCUT2D eigenvalue weighted by Gasteiger charge is 2.56. The summed E-state index contributed by atoms with van der Waals surface area (Å²) in [5, 5.41) is 58.9. The number of aliphatic carboxylic acids is 5. The summed E-state index contributed by atoms with van der Waals surface area (Å²) >= 11 is 0. The van der Waals surface area contributed by atoms with E-state index in [9.17, 15) is 54.3 Å².